The summed E-state index contributed by atoms with van der Waals surface area (Å²) in [5, 5.41) is 0. The molecule has 1 aliphatic heterocycles. The fourth-order valence-electron chi connectivity index (χ4n) is 2.27. The van der Waals surface area contributed by atoms with Gasteiger partial charge in [-0.05, 0) is 33.9 Å². The maximum absolute atomic E-state index is 12.1. The SMILES string of the molecule is CC(CCN)C(=O)N1CC(C)N(C)C(C)C1. The molecule has 16 heavy (non-hydrogen) atoms. The molecule has 3 atom stereocenters. The molecular formula is C12H25N3O. The lowest BCUT2D eigenvalue weighted by Crippen LogP contribution is -2.57. The molecule has 0 aromatic carbocycles. The molecule has 94 valence electrons. The largest absolute Gasteiger partial charge is 0.339 e. The summed E-state index contributed by atoms with van der Waals surface area (Å²) in [6, 6.07) is 0.885. The van der Waals surface area contributed by atoms with Crippen molar-refractivity contribution < 1.29 is 4.79 Å². The molecular weight excluding hydrogens is 202 g/mol. The molecule has 0 bridgehead atoms. The van der Waals surface area contributed by atoms with Gasteiger partial charge in [-0.3, -0.25) is 9.69 Å². The van der Waals surface area contributed by atoms with Gasteiger partial charge in [-0.15, -0.1) is 0 Å². The monoisotopic (exact) mass is 227 g/mol. The maximum Gasteiger partial charge on any atom is 0.225 e. The van der Waals surface area contributed by atoms with Crippen LogP contribution in [0.15, 0.2) is 0 Å². The molecule has 0 spiro atoms. The topological polar surface area (TPSA) is 49.6 Å². The Hall–Kier alpha value is -0.610. The van der Waals surface area contributed by atoms with E-state index >= 15 is 0 Å². The molecule has 1 rings (SSSR count). The molecule has 0 aromatic rings. The third kappa shape index (κ3) is 2.95. The molecule has 3 unspecified atom stereocenters. The summed E-state index contributed by atoms with van der Waals surface area (Å²) in [7, 11) is 2.13. The molecule has 1 heterocycles. The molecule has 0 radical (unpaired) electrons. The van der Waals surface area contributed by atoms with Gasteiger partial charge in [-0.2, -0.15) is 0 Å². The molecule has 1 saturated heterocycles. The number of hydrogen-bond donors (Lipinski definition) is 1. The summed E-state index contributed by atoms with van der Waals surface area (Å²) >= 11 is 0. The highest BCUT2D eigenvalue weighted by Gasteiger charge is 2.30. The standard InChI is InChI=1S/C12H25N3O/c1-9(5-6-13)12(16)15-7-10(2)14(4)11(3)8-15/h9-11H,5-8,13H2,1-4H3. The predicted octanol–water partition coefficient (Wildman–Crippen LogP) is 0.522. The summed E-state index contributed by atoms with van der Waals surface area (Å²) in [4.78, 5) is 16.5. The second kappa shape index (κ2) is 5.64. The number of rotatable bonds is 3. The van der Waals surface area contributed by atoms with Gasteiger partial charge in [0.15, 0.2) is 0 Å². The van der Waals surface area contributed by atoms with Crippen molar-refractivity contribution in [3.63, 3.8) is 0 Å². The number of nitrogens with zero attached hydrogens (tertiary/aromatic N) is 2. The Labute approximate surface area is 98.8 Å². The molecule has 0 aromatic heterocycles. The average Bonchev–Trinajstić information content (AvgIpc) is 2.24. The highest BCUT2D eigenvalue weighted by molar-refractivity contribution is 5.78. The van der Waals surface area contributed by atoms with Crippen LogP contribution in [0.2, 0.25) is 0 Å². The molecule has 0 aliphatic carbocycles. The van der Waals surface area contributed by atoms with Crippen molar-refractivity contribution >= 4 is 5.91 Å². The van der Waals surface area contributed by atoms with Gasteiger partial charge in [0, 0.05) is 31.1 Å². The first-order chi connectivity index (χ1) is 7.47. The van der Waals surface area contributed by atoms with Gasteiger partial charge in [0.2, 0.25) is 5.91 Å². The van der Waals surface area contributed by atoms with E-state index in [1.807, 2.05) is 11.8 Å². The van der Waals surface area contributed by atoms with Crippen molar-refractivity contribution in [2.24, 2.45) is 11.7 Å². The Morgan fingerprint density at radius 2 is 1.88 bits per heavy atom. The lowest BCUT2D eigenvalue weighted by Gasteiger charge is -2.43. The van der Waals surface area contributed by atoms with Crippen LogP contribution in [-0.2, 0) is 4.79 Å². The Morgan fingerprint density at radius 3 is 2.31 bits per heavy atom. The minimum Gasteiger partial charge on any atom is -0.339 e. The molecule has 2 N–H and O–H groups in total. The van der Waals surface area contributed by atoms with E-state index in [1.54, 1.807) is 0 Å². The zero-order valence-corrected chi connectivity index (χ0v) is 10.9. The first-order valence-electron chi connectivity index (χ1n) is 6.18. The Bertz CT molecular complexity index is 232. The lowest BCUT2D eigenvalue weighted by atomic mass is 10.0. The number of hydrogen-bond acceptors (Lipinski definition) is 3. The zero-order chi connectivity index (χ0) is 12.3. The van der Waals surface area contributed by atoms with E-state index in [2.05, 4.69) is 25.8 Å². The zero-order valence-electron chi connectivity index (χ0n) is 10.9. The van der Waals surface area contributed by atoms with Crippen LogP contribution in [0, 0.1) is 5.92 Å². The summed E-state index contributed by atoms with van der Waals surface area (Å²) < 4.78 is 0. The van der Waals surface area contributed by atoms with Gasteiger partial charge in [0.1, 0.15) is 0 Å². The van der Waals surface area contributed by atoms with Crippen LogP contribution in [0.1, 0.15) is 27.2 Å². The van der Waals surface area contributed by atoms with E-state index in [0.29, 0.717) is 18.6 Å². The van der Waals surface area contributed by atoms with Crippen LogP contribution >= 0.6 is 0 Å². The first-order valence-corrected chi connectivity index (χ1v) is 6.18. The number of piperazine rings is 1. The Balaban J connectivity index is 2.57. The third-order valence-corrected chi connectivity index (χ3v) is 3.69. The van der Waals surface area contributed by atoms with Crippen LogP contribution in [0.4, 0.5) is 0 Å². The molecule has 4 heteroatoms. The van der Waals surface area contributed by atoms with E-state index in [4.69, 9.17) is 5.73 Å². The normalized spacial score (nSPS) is 29.2. The highest BCUT2D eigenvalue weighted by atomic mass is 16.2. The van der Waals surface area contributed by atoms with Gasteiger partial charge < -0.3 is 10.6 Å². The molecule has 4 nitrogen and oxygen atoms in total. The first kappa shape index (κ1) is 13.5. The van der Waals surface area contributed by atoms with Crippen molar-refractivity contribution in [2.75, 3.05) is 26.7 Å². The lowest BCUT2D eigenvalue weighted by molar-refractivity contribution is -0.139. The molecule has 1 aliphatic rings. The second-order valence-electron chi connectivity index (χ2n) is 5.09. The summed E-state index contributed by atoms with van der Waals surface area (Å²) in [6.45, 7) is 8.59. The van der Waals surface area contributed by atoms with E-state index in [0.717, 1.165) is 19.5 Å². The highest BCUT2D eigenvalue weighted by Crippen LogP contribution is 2.16. The Kier molecular flexibility index (Phi) is 4.74. The Morgan fingerprint density at radius 1 is 1.38 bits per heavy atom. The quantitative estimate of drug-likeness (QED) is 0.765. The van der Waals surface area contributed by atoms with Crippen molar-refractivity contribution in [1.82, 2.24) is 9.80 Å². The summed E-state index contributed by atoms with van der Waals surface area (Å²) in [5.74, 6) is 0.324. The fraction of sp³-hybridized carbons (Fsp3) is 0.917. The van der Waals surface area contributed by atoms with Crippen LogP contribution < -0.4 is 5.73 Å². The van der Waals surface area contributed by atoms with Gasteiger partial charge in [-0.25, -0.2) is 0 Å². The number of carbonyl (C=O) groups is 1. The fourth-order valence-corrected chi connectivity index (χ4v) is 2.27. The van der Waals surface area contributed by atoms with Crippen molar-refractivity contribution in [3.05, 3.63) is 0 Å². The second-order valence-corrected chi connectivity index (χ2v) is 5.09. The molecule has 0 saturated carbocycles. The van der Waals surface area contributed by atoms with Gasteiger partial charge >= 0.3 is 0 Å². The van der Waals surface area contributed by atoms with Gasteiger partial charge in [0.25, 0.3) is 0 Å². The summed E-state index contributed by atoms with van der Waals surface area (Å²) in [5.41, 5.74) is 5.49. The van der Waals surface area contributed by atoms with Crippen LogP contribution in [0.3, 0.4) is 0 Å². The van der Waals surface area contributed by atoms with E-state index in [1.165, 1.54) is 0 Å². The smallest absolute Gasteiger partial charge is 0.225 e. The van der Waals surface area contributed by atoms with Gasteiger partial charge in [0.05, 0.1) is 0 Å². The predicted molar refractivity (Wildman–Crippen MR) is 66.1 cm³/mol. The number of amides is 1. The minimum absolute atomic E-state index is 0.0628. The van der Waals surface area contributed by atoms with E-state index < -0.39 is 0 Å². The van der Waals surface area contributed by atoms with Crippen LogP contribution in [0.25, 0.3) is 0 Å². The number of nitrogens with two attached hydrogens (primary N) is 1. The van der Waals surface area contributed by atoms with Gasteiger partial charge in [-0.1, -0.05) is 6.92 Å². The molecule has 1 amide bonds. The maximum atomic E-state index is 12.1. The number of carbonyl (C=O) groups excluding carboxylic acids is 1. The minimum atomic E-state index is 0.0628. The van der Waals surface area contributed by atoms with Crippen molar-refractivity contribution in [3.8, 4) is 0 Å². The van der Waals surface area contributed by atoms with E-state index in [9.17, 15) is 4.79 Å². The third-order valence-electron chi connectivity index (χ3n) is 3.69. The average molecular weight is 227 g/mol. The number of likely N-dealkylation sites (N-methyl/N-ethyl adjacent to an activating group) is 1. The van der Waals surface area contributed by atoms with Crippen molar-refractivity contribution in [1.29, 1.82) is 0 Å². The van der Waals surface area contributed by atoms with Crippen LogP contribution in [0.5, 0.6) is 0 Å². The van der Waals surface area contributed by atoms with E-state index in [-0.39, 0.29) is 11.8 Å². The summed E-state index contributed by atoms with van der Waals surface area (Å²) in [6.07, 6.45) is 0.786. The van der Waals surface area contributed by atoms with Crippen molar-refractivity contribution in [2.45, 2.75) is 39.3 Å². The van der Waals surface area contributed by atoms with Crippen LogP contribution in [-0.4, -0.2) is 54.5 Å². The molecule has 1 fully saturated rings.